The van der Waals surface area contributed by atoms with Gasteiger partial charge in [-0.25, -0.2) is 0 Å². The lowest BCUT2D eigenvalue weighted by Gasteiger charge is -2.31. The summed E-state index contributed by atoms with van der Waals surface area (Å²) in [6.45, 7) is 19.2. The van der Waals surface area contributed by atoms with Crippen molar-refractivity contribution in [2.75, 3.05) is 9.80 Å². The lowest BCUT2D eigenvalue weighted by molar-refractivity contribution is 0.660. The molecule has 5 aliphatic rings. The Morgan fingerprint density at radius 3 is 0.855 bits per heavy atom. The number of thiophene rings is 2. The van der Waals surface area contributed by atoms with Gasteiger partial charge in [-0.2, -0.15) is 0 Å². The number of rotatable bonds is 12. The van der Waals surface area contributed by atoms with Crippen molar-refractivity contribution in [2.45, 2.75) is 77.0 Å². The lowest BCUT2D eigenvalue weighted by Crippen LogP contribution is -2.18. The van der Waals surface area contributed by atoms with Crippen molar-refractivity contribution >= 4 is 119 Å². The highest BCUT2D eigenvalue weighted by Crippen LogP contribution is 2.60. The number of hydrogen-bond acceptors (Lipinski definition) is 4. The molecule has 4 heteroatoms. The van der Waals surface area contributed by atoms with Gasteiger partial charge in [0.25, 0.3) is 0 Å². The molecule has 28 rings (SSSR count). The minimum absolute atomic E-state index is 0.198. The van der Waals surface area contributed by atoms with Crippen LogP contribution in [0.4, 0.5) is 34.1 Å². The van der Waals surface area contributed by atoms with E-state index < -0.39 is 0 Å². The highest BCUT2D eigenvalue weighted by Gasteiger charge is 2.42. The van der Waals surface area contributed by atoms with Crippen molar-refractivity contribution in [3.8, 4) is 134 Å². The van der Waals surface area contributed by atoms with Crippen LogP contribution in [0.1, 0.15) is 99.9 Å². The average Bonchev–Trinajstić information content (AvgIpc) is 1.55. The monoisotopic (exact) mass is 1800 g/mol. The molecule has 2 aromatic heterocycles. The standard InChI is InChI=1S/C70H49NS.C64H47NS/c1-69(2)62-38-45(42-13-6-5-7-14-42)23-30-53(62)55-32-28-48(40-64(55)69)71(47-26-21-43(22-27-47)50-34-35-60-52-16-9-8-15-51(52)59-19-12-18-58(50)68(59)60)49-29-33-56-54-31-24-46(39-63(54)70(3,4)65(56)41-49)44-25-36-67-61(37-44)57-17-10-11-20-66(57)72-67;1-63(2)56-36-43(40-15-7-5-8-16-40)23-28-49(56)51-30-26-45(38-58(51)63)65(60-33-32-47(41-17-9-6-10-18-41)48-19-11-12-20-53(48)60)46-27-31-52-50-29-24-44(37-57(50)64(3,4)59(52)39-46)42-25-34-62-55(35-42)54-21-13-14-22-61(54)66-62/h5-41H,1-4H3;5-39H,1-4H3. The van der Waals surface area contributed by atoms with Gasteiger partial charge in [0.1, 0.15) is 0 Å². The van der Waals surface area contributed by atoms with E-state index in [1.54, 1.807) is 0 Å². The molecule has 654 valence electrons. The van der Waals surface area contributed by atoms with Crippen LogP contribution in [0.5, 0.6) is 0 Å². The van der Waals surface area contributed by atoms with Crippen molar-refractivity contribution in [1.29, 1.82) is 0 Å². The van der Waals surface area contributed by atoms with E-state index in [1.165, 1.54) is 240 Å². The van der Waals surface area contributed by atoms with Crippen LogP contribution in [0.25, 0.3) is 195 Å². The molecule has 0 saturated carbocycles. The van der Waals surface area contributed by atoms with Gasteiger partial charge in [0.2, 0.25) is 0 Å². The van der Waals surface area contributed by atoms with Crippen LogP contribution in [0.3, 0.4) is 0 Å². The summed E-state index contributed by atoms with van der Waals surface area (Å²) in [6, 6.07) is 164. The molecular weight excluding hydrogens is 1700 g/mol. The molecule has 0 aliphatic heterocycles. The Bertz CT molecular complexity index is 9040. The molecule has 0 unspecified atom stereocenters. The van der Waals surface area contributed by atoms with E-state index in [4.69, 9.17) is 0 Å². The fraction of sp³-hybridized carbons (Fsp3) is 0.0896. The molecule has 23 aromatic rings. The minimum Gasteiger partial charge on any atom is -0.310 e. The summed E-state index contributed by atoms with van der Waals surface area (Å²) in [5, 5.41) is 10.4. The van der Waals surface area contributed by atoms with Gasteiger partial charge in [-0.15, -0.1) is 22.7 Å². The third kappa shape index (κ3) is 12.6. The van der Waals surface area contributed by atoms with E-state index in [0.717, 1.165) is 34.1 Å². The maximum absolute atomic E-state index is 2.52. The molecule has 0 amide bonds. The summed E-state index contributed by atoms with van der Waals surface area (Å²) >= 11 is 3.75. The third-order valence-electron chi connectivity index (χ3n) is 31.5. The van der Waals surface area contributed by atoms with Gasteiger partial charge in [0.05, 0.1) is 5.69 Å². The summed E-state index contributed by atoms with van der Waals surface area (Å²) < 4.78 is 5.35. The molecule has 0 spiro atoms. The fourth-order valence-corrected chi connectivity index (χ4v) is 26.5. The highest BCUT2D eigenvalue weighted by atomic mass is 32.1. The van der Waals surface area contributed by atoms with Crippen LogP contribution in [0.2, 0.25) is 0 Å². The quantitative estimate of drug-likeness (QED) is 0.120. The van der Waals surface area contributed by atoms with Crippen molar-refractivity contribution in [3.05, 3.63) is 481 Å². The first-order valence-corrected chi connectivity index (χ1v) is 50.1. The zero-order valence-corrected chi connectivity index (χ0v) is 79.9. The summed E-state index contributed by atoms with van der Waals surface area (Å²) in [7, 11) is 0. The van der Waals surface area contributed by atoms with E-state index >= 15 is 0 Å². The average molecular weight is 1800 g/mol. The minimum atomic E-state index is -0.223. The van der Waals surface area contributed by atoms with E-state index in [9.17, 15) is 0 Å². The predicted octanol–water partition coefficient (Wildman–Crippen LogP) is 38.2. The first kappa shape index (κ1) is 81.7. The summed E-state index contributed by atoms with van der Waals surface area (Å²) in [5.41, 5.74) is 47.8. The predicted molar refractivity (Wildman–Crippen MR) is 590 cm³/mol. The maximum atomic E-state index is 2.52. The summed E-state index contributed by atoms with van der Waals surface area (Å²) in [5.74, 6) is 0. The maximum Gasteiger partial charge on any atom is 0.0540 e. The lowest BCUT2D eigenvalue weighted by atomic mass is 9.81. The van der Waals surface area contributed by atoms with Crippen LogP contribution in [0, 0.1) is 0 Å². The normalized spacial score (nSPS) is 14.0. The van der Waals surface area contributed by atoms with Crippen LogP contribution < -0.4 is 9.80 Å². The Morgan fingerprint density at radius 1 is 0.152 bits per heavy atom. The van der Waals surface area contributed by atoms with Gasteiger partial charge >= 0.3 is 0 Å². The van der Waals surface area contributed by atoms with Gasteiger partial charge in [-0.05, 0) is 322 Å². The number of fused-ring (bicyclic) bond motifs is 22. The second kappa shape index (κ2) is 30.9. The Labute approximate surface area is 814 Å². The number of benzene rings is 21. The summed E-state index contributed by atoms with van der Waals surface area (Å²) in [4.78, 5) is 5.02. The first-order chi connectivity index (χ1) is 67.4. The number of hydrogen-bond donors (Lipinski definition) is 0. The molecular formula is C134H96N2S2. The van der Waals surface area contributed by atoms with Crippen molar-refractivity contribution in [1.82, 2.24) is 0 Å². The molecule has 0 radical (unpaired) electrons. The molecule has 138 heavy (non-hydrogen) atoms. The highest BCUT2D eigenvalue weighted by molar-refractivity contribution is 7.26. The van der Waals surface area contributed by atoms with Crippen LogP contribution in [-0.2, 0) is 21.7 Å². The molecule has 2 nitrogen and oxygen atoms in total. The molecule has 0 saturated heterocycles. The Hall–Kier alpha value is -15.8. The Balaban J connectivity index is 0.000000140. The summed E-state index contributed by atoms with van der Waals surface area (Å²) in [6.07, 6.45) is 0. The topological polar surface area (TPSA) is 6.48 Å². The SMILES string of the molecule is CC1(C)c2cc(-c3ccccc3)ccc2-c2ccc(N(c3ccc(-c4ccc5c6c(cccc46)-c4ccccc4-5)cc3)c3ccc4c(c3)C(C)(C)c3cc(-c5ccc6sc7ccccc7c6c5)ccc3-4)cc21.CC1(C)c2cc(-c3ccccc3)ccc2-c2ccc(N(c3ccc4c(c3)C(C)(C)c3cc(-c5ccc6sc7ccccc7c6c5)ccc3-4)c3ccc(-c4ccccc4)c4ccccc34)cc21. The fourth-order valence-electron chi connectivity index (χ4n) is 24.3. The molecule has 0 fully saturated rings. The van der Waals surface area contributed by atoms with Crippen LogP contribution >= 0.6 is 22.7 Å². The zero-order valence-electron chi connectivity index (χ0n) is 78.3. The van der Waals surface area contributed by atoms with Gasteiger partial charge < -0.3 is 9.80 Å². The van der Waals surface area contributed by atoms with Gasteiger partial charge in [-0.3, -0.25) is 0 Å². The van der Waals surface area contributed by atoms with Crippen molar-refractivity contribution < 1.29 is 0 Å². The Kier molecular flexibility index (Phi) is 18.3. The van der Waals surface area contributed by atoms with Gasteiger partial charge in [0, 0.05) is 95.8 Å². The molecule has 21 aromatic carbocycles. The molecule has 0 N–H and O–H groups in total. The second-order valence-electron chi connectivity index (χ2n) is 40.5. The zero-order chi connectivity index (χ0) is 92.3. The van der Waals surface area contributed by atoms with E-state index in [0.29, 0.717) is 0 Å². The number of anilines is 6. The first-order valence-electron chi connectivity index (χ1n) is 48.5. The van der Waals surface area contributed by atoms with Gasteiger partial charge in [-0.1, -0.05) is 365 Å². The number of nitrogens with zero attached hydrogens (tertiary/aromatic N) is 2. The molecule has 5 aliphatic carbocycles. The molecule has 0 bridgehead atoms. The van der Waals surface area contributed by atoms with E-state index in [1.807, 2.05) is 22.7 Å². The van der Waals surface area contributed by atoms with E-state index in [-0.39, 0.29) is 21.7 Å². The Morgan fingerprint density at radius 2 is 0.420 bits per heavy atom. The van der Waals surface area contributed by atoms with Crippen molar-refractivity contribution in [2.24, 2.45) is 0 Å². The van der Waals surface area contributed by atoms with Crippen LogP contribution in [-0.4, -0.2) is 0 Å². The largest absolute Gasteiger partial charge is 0.310 e. The second-order valence-corrected chi connectivity index (χ2v) is 42.7. The van der Waals surface area contributed by atoms with Gasteiger partial charge in [0.15, 0.2) is 0 Å². The van der Waals surface area contributed by atoms with Crippen molar-refractivity contribution in [3.63, 3.8) is 0 Å². The molecule has 0 atom stereocenters. The third-order valence-corrected chi connectivity index (χ3v) is 33.8. The van der Waals surface area contributed by atoms with E-state index in [2.05, 4.69) is 502 Å². The smallest absolute Gasteiger partial charge is 0.0540 e. The van der Waals surface area contributed by atoms with Crippen LogP contribution in [0.15, 0.2) is 437 Å². The molecule has 2 heterocycles.